The molecule has 0 aliphatic heterocycles. The van der Waals surface area contributed by atoms with Crippen LogP contribution in [0.3, 0.4) is 0 Å². The first kappa shape index (κ1) is 136. The third kappa shape index (κ3) is 54.2. The van der Waals surface area contributed by atoms with Crippen LogP contribution in [0.2, 0.25) is 0 Å². The van der Waals surface area contributed by atoms with E-state index in [1.807, 2.05) is 181 Å². The highest BCUT2D eigenvalue weighted by molar-refractivity contribution is 14.1. The number of benzene rings is 6. The van der Waals surface area contributed by atoms with Crippen LogP contribution in [0.5, 0.6) is 57.5 Å². The number of hydrogen-bond donors (Lipinski definition) is 0. The van der Waals surface area contributed by atoms with Crippen molar-refractivity contribution in [3.05, 3.63) is 146 Å². The lowest BCUT2D eigenvalue weighted by Crippen LogP contribution is -2.40. The smallest absolute Gasteiger partial charge is 0.514 e. The van der Waals surface area contributed by atoms with Crippen LogP contribution < -0.4 is 47.4 Å². The van der Waals surface area contributed by atoms with Gasteiger partial charge in [0.2, 0.25) is 36.6 Å². The summed E-state index contributed by atoms with van der Waals surface area (Å²) in [7, 11) is -29.3. The Balaban J connectivity index is 0.000000824. The van der Waals surface area contributed by atoms with E-state index >= 15 is 0 Å². The van der Waals surface area contributed by atoms with Gasteiger partial charge in [0.1, 0.15) is 58.2 Å². The van der Waals surface area contributed by atoms with Gasteiger partial charge in [-0.2, -0.15) is 79.0 Å². The van der Waals surface area contributed by atoms with Gasteiger partial charge in [-0.05, 0) is 420 Å². The quantitative estimate of drug-likeness (QED) is 0.00353. The van der Waals surface area contributed by atoms with Gasteiger partial charge in [0, 0.05) is 14.3 Å². The molecule has 6 aromatic carbocycles. The zero-order valence-corrected chi connectivity index (χ0v) is 104. The Hall–Kier alpha value is 1.31. The van der Waals surface area contributed by atoms with Crippen LogP contribution in [0.15, 0.2) is 86.2 Å². The molecule has 71 heteroatoms. The molecule has 6 aromatic rings. The number of carbonyl (C=O) groups is 1. The third-order valence-corrected chi connectivity index (χ3v) is 33.9. The van der Waals surface area contributed by atoms with E-state index in [4.69, 9.17) is 37.9 Å². The summed E-state index contributed by atoms with van der Waals surface area (Å²) in [6.07, 6.45) is -45.0. The molecule has 6 atom stereocenters. The summed E-state index contributed by atoms with van der Waals surface area (Å²) >= 11 is 26.4. The summed E-state index contributed by atoms with van der Waals surface area (Å²) in [5, 5.41) is 0. The average molecular weight is 3800 g/mol. The fraction of sp³-hybridized carbons (Fsp3) is 0.379. The molecule has 780 valence electrons. The molecule has 0 N–H and O–H groups in total. The van der Waals surface area contributed by atoms with Gasteiger partial charge in [0.15, 0.2) is 24.1 Å². The van der Waals surface area contributed by atoms with Gasteiger partial charge in [-0.3, -0.25) is 0 Å². The standard InChI is InChI=1S/C14H15F3I2O7S.C12H11F3I2O5S.C11H11F3I2O6S.C11H9F3I2O5S.C9H4F4I4O4S.C9H6F3I3O4S/c1-13(2,3)26-12(20)25-11-8(18)4-7(5-9(11)19)24-10(14(15,16)17)6-27(21,22)23;1-2-3-21-11-8(16)4-7(5-9(11)17)22-10(12(13,14)15)6-23(18,19)20;1-20-5-21-10-7(15)2-6(3-8(10)16)22-9(11(12,13)14)4-23(17,18)19;1-2-20-10-7(15)3-6(4-8(10)16)21-9(11(12,13)14)5-22(17,18)19;10-3-4(14)6(16)8(7(17)5(3)15)21-2(9(11,12)13)1-22(18,19)20;10-9(11,12)8(3-20(16,17)18)19-7-2-5(14)4(13)1-6(7)15/h4-5,10H,6H2,1-3H3,(H,21,22,23);2,4-5,10H,1,3,6H2,(H,18,19,20);2-3,9H,4-5H2,1H3,(H,17,18,19);2-4,9H,1,5H2,(H,17,18,19);2H,1H2,(H,18,19,20);1-2,8H,3H2,(H,16,17,18)/p-6. The first-order valence-corrected chi connectivity index (χ1v) is 59.3. The first-order chi connectivity index (χ1) is 61.4. The number of rotatable bonds is 33. The normalized spacial score (nSPS) is 13.8. The molecule has 0 aliphatic rings. The van der Waals surface area contributed by atoms with Crippen molar-refractivity contribution in [1.29, 1.82) is 0 Å². The number of methoxy groups -OCH3 is 1. The molecular weight excluding hydrogens is 3750 g/mol. The van der Waals surface area contributed by atoms with Gasteiger partial charge in [0.25, 0.3) is 0 Å². The van der Waals surface area contributed by atoms with E-state index in [2.05, 4.69) is 32.1 Å². The van der Waals surface area contributed by atoms with Crippen molar-refractivity contribution in [3.63, 3.8) is 0 Å². The maximum absolute atomic E-state index is 13.8. The van der Waals surface area contributed by atoms with Crippen LogP contribution >= 0.6 is 339 Å². The topological polar surface area (TPSA) is 471 Å². The van der Waals surface area contributed by atoms with Gasteiger partial charge in [-0.1, -0.05) is 19.2 Å². The van der Waals surface area contributed by atoms with E-state index in [1.165, 1.54) is 55.7 Å². The highest BCUT2D eigenvalue weighted by Gasteiger charge is 2.49. The van der Waals surface area contributed by atoms with Crippen LogP contribution in [0, 0.1) is 59.4 Å². The second kappa shape index (κ2) is 57.7. The lowest BCUT2D eigenvalue weighted by atomic mass is 10.2. The molecule has 0 saturated carbocycles. The molecule has 0 aromatic heterocycles. The molecule has 0 radical (unpaired) electrons. The Morgan fingerprint density at radius 1 is 0.343 bits per heavy atom. The average Bonchev–Trinajstić information content (AvgIpc) is 0.783. The molecule has 6 rings (SSSR count). The lowest BCUT2D eigenvalue weighted by molar-refractivity contribution is -0.189. The molecule has 0 heterocycles. The summed E-state index contributed by atoms with van der Waals surface area (Å²) < 4.78 is 499. The van der Waals surface area contributed by atoms with Crippen molar-refractivity contribution in [3.8, 4) is 57.5 Å². The predicted molar refractivity (Wildman–Crippen MR) is 565 cm³/mol. The zero-order valence-electron chi connectivity index (χ0n) is 66.4. The van der Waals surface area contributed by atoms with Gasteiger partial charge in [0.05, 0.1) is 148 Å². The Bertz CT molecular complexity index is 5800. The minimum Gasteiger partial charge on any atom is -0.748 e. The predicted octanol–water partition coefficient (Wildman–Crippen LogP) is 20.8. The molecule has 6 unspecified atom stereocenters. The summed E-state index contributed by atoms with van der Waals surface area (Å²) in [5.74, 6) is -11.1. The molecule has 0 aliphatic carbocycles. The summed E-state index contributed by atoms with van der Waals surface area (Å²) in [6, 6.07) is 12.6. The van der Waals surface area contributed by atoms with Crippen LogP contribution in [-0.2, 0) is 70.2 Å². The van der Waals surface area contributed by atoms with E-state index in [0.29, 0.717) is 45.8 Å². The number of ether oxygens (including phenoxy) is 12. The Kier molecular flexibility index (Phi) is 57.4. The van der Waals surface area contributed by atoms with Gasteiger partial charge >= 0.3 is 43.2 Å². The monoisotopic (exact) mass is 3790 g/mol. The number of carbonyl (C=O) groups excluding carboxylic acids is 1. The minimum atomic E-state index is -5.17. The van der Waals surface area contributed by atoms with Crippen molar-refractivity contribution in [2.75, 3.05) is 55.0 Å². The molecule has 0 spiro atoms. The van der Waals surface area contributed by atoms with Gasteiger partial charge in [-0.25, -0.2) is 59.7 Å². The molecule has 0 fully saturated rings. The maximum atomic E-state index is 13.8. The molecular formula is C66H50F19I15O31S6-6. The molecule has 31 nitrogen and oxygen atoms in total. The van der Waals surface area contributed by atoms with Crippen molar-refractivity contribution in [2.24, 2.45) is 0 Å². The zero-order chi connectivity index (χ0) is 107. The van der Waals surface area contributed by atoms with E-state index in [0.717, 1.165) is 22.0 Å². The summed E-state index contributed by atoms with van der Waals surface area (Å²) in [5.41, 5.74) is -0.805. The van der Waals surface area contributed by atoms with Crippen LogP contribution in [0.4, 0.5) is 88.2 Å². The second-order valence-electron chi connectivity index (χ2n) is 25.7. The third-order valence-electron chi connectivity index (χ3n) is 13.4. The highest BCUT2D eigenvalue weighted by atomic mass is 127. The van der Waals surface area contributed by atoms with E-state index in [1.54, 1.807) is 185 Å². The van der Waals surface area contributed by atoms with Crippen LogP contribution in [0.1, 0.15) is 20.8 Å². The van der Waals surface area contributed by atoms with Crippen LogP contribution in [-0.4, -0.2) is 218 Å². The van der Waals surface area contributed by atoms with Crippen molar-refractivity contribution < 1.29 is 223 Å². The van der Waals surface area contributed by atoms with E-state index in [9.17, 15) is 166 Å². The molecule has 0 saturated heterocycles. The largest absolute Gasteiger partial charge is 0.748 e. The van der Waals surface area contributed by atoms with E-state index < -0.39 is 186 Å². The number of alkyl halides is 18. The van der Waals surface area contributed by atoms with Crippen molar-refractivity contribution >= 4 is 406 Å². The fourth-order valence-electron chi connectivity index (χ4n) is 8.12. The Labute approximate surface area is 971 Å². The van der Waals surface area contributed by atoms with Crippen molar-refractivity contribution in [1.82, 2.24) is 0 Å². The minimum absolute atomic E-state index is 0.0396. The van der Waals surface area contributed by atoms with E-state index in [-0.39, 0.29) is 75.1 Å². The first-order valence-electron chi connectivity index (χ1n) is 33.6. The lowest BCUT2D eigenvalue weighted by Gasteiger charge is -2.25. The summed E-state index contributed by atoms with van der Waals surface area (Å²) in [6.45, 7) is 11.9. The molecule has 0 bridgehead atoms. The number of halogens is 34. The SMILES string of the molecule is C=CCOc1c(I)cc(OC(CS(=O)(=O)[O-])C(F)(F)F)cc1I.C=COc1c(I)cc(OC(CS(=O)(=O)[O-])C(F)(F)F)cc1I.CC(C)(C)OC(=O)Oc1c(I)cc(OC(CS(=O)(=O)[O-])C(F)(F)F)cc1I.COCOc1c(I)cc(OC(CS(=O)(=O)[O-])C(F)(F)F)cc1I.O=S(=O)([O-])CC(Oc1c(I)c(I)c(F)c(I)c1I)C(F)(F)F.O=S(=O)([O-])CC(Oc1cc(I)c(I)cc1I)C(F)(F)F. The molecule has 0 amide bonds. The highest BCUT2D eigenvalue weighted by Crippen LogP contribution is 2.44. The van der Waals surface area contributed by atoms with Crippen molar-refractivity contribution in [2.45, 2.75) is 100 Å². The summed E-state index contributed by atoms with van der Waals surface area (Å²) in [4.78, 5) is 11.8. The fourth-order valence-corrected chi connectivity index (χ4v) is 25.3. The molecule has 137 heavy (non-hydrogen) atoms. The second-order valence-corrected chi connectivity index (χ2v) is 51.5. The Morgan fingerprint density at radius 3 is 0.839 bits per heavy atom. The van der Waals surface area contributed by atoms with Gasteiger partial charge < -0.3 is 84.2 Å². The Morgan fingerprint density at radius 2 is 0.591 bits per heavy atom. The van der Waals surface area contributed by atoms with Gasteiger partial charge in [-0.15, -0.1) is 0 Å². The maximum Gasteiger partial charge on any atom is 0.514 e. The number of hydrogen-bond acceptors (Lipinski definition) is 31. The van der Waals surface area contributed by atoms with Crippen LogP contribution in [0.25, 0.3) is 0 Å².